The summed E-state index contributed by atoms with van der Waals surface area (Å²) in [5, 5.41) is 4.52. The first-order valence-corrected chi connectivity index (χ1v) is 7.42. The molecular formula is C17H23N3O2. The Bertz CT molecular complexity index is 635. The molecular weight excluding hydrogens is 278 g/mol. The van der Waals surface area contributed by atoms with Crippen molar-refractivity contribution < 1.29 is 9.53 Å². The van der Waals surface area contributed by atoms with Crippen molar-refractivity contribution in [3.8, 4) is 5.69 Å². The maximum absolute atomic E-state index is 12.7. The van der Waals surface area contributed by atoms with Crippen molar-refractivity contribution in [2.24, 2.45) is 0 Å². The van der Waals surface area contributed by atoms with Gasteiger partial charge in [0.15, 0.2) is 0 Å². The van der Waals surface area contributed by atoms with Gasteiger partial charge in [-0.2, -0.15) is 5.10 Å². The maximum Gasteiger partial charge on any atom is 0.257 e. The molecule has 5 nitrogen and oxygen atoms in total. The average molecular weight is 301 g/mol. The van der Waals surface area contributed by atoms with Crippen LogP contribution in [0.25, 0.3) is 5.69 Å². The van der Waals surface area contributed by atoms with Gasteiger partial charge in [0.25, 0.3) is 5.91 Å². The first-order chi connectivity index (χ1) is 10.6. The molecule has 0 atom stereocenters. The van der Waals surface area contributed by atoms with Crippen LogP contribution in [-0.4, -0.2) is 47.9 Å². The normalized spacial score (nSPS) is 10.7. The zero-order chi connectivity index (χ0) is 16.1. The number of benzene rings is 1. The predicted molar refractivity (Wildman–Crippen MR) is 86.5 cm³/mol. The molecule has 1 aromatic carbocycles. The number of aryl methyl sites for hydroxylation is 1. The van der Waals surface area contributed by atoms with Crippen molar-refractivity contribution in [3.05, 3.63) is 47.3 Å². The Balaban J connectivity index is 2.25. The number of rotatable bonds is 6. The van der Waals surface area contributed by atoms with Crippen LogP contribution in [0.3, 0.4) is 0 Å². The van der Waals surface area contributed by atoms with Gasteiger partial charge < -0.3 is 9.64 Å². The van der Waals surface area contributed by atoms with Crippen molar-refractivity contribution in [1.82, 2.24) is 14.7 Å². The number of amides is 1. The van der Waals surface area contributed by atoms with Crippen molar-refractivity contribution in [1.29, 1.82) is 0 Å². The summed E-state index contributed by atoms with van der Waals surface area (Å²) in [6.07, 6.45) is 0.823. The first-order valence-electron chi connectivity index (χ1n) is 7.42. The third-order valence-electron chi connectivity index (χ3n) is 3.69. The number of carbonyl (C=O) groups excluding carboxylic acids is 1. The Morgan fingerprint density at radius 3 is 2.59 bits per heavy atom. The van der Waals surface area contributed by atoms with E-state index in [0.717, 1.165) is 23.5 Å². The molecule has 1 heterocycles. The van der Waals surface area contributed by atoms with E-state index in [0.29, 0.717) is 18.7 Å². The second kappa shape index (κ2) is 7.22. The first kappa shape index (κ1) is 16.2. The number of hydrogen-bond donors (Lipinski definition) is 0. The molecule has 5 heteroatoms. The summed E-state index contributed by atoms with van der Waals surface area (Å²) < 4.78 is 6.86. The lowest BCUT2D eigenvalue weighted by Gasteiger charge is -2.17. The molecule has 0 fully saturated rings. The fourth-order valence-corrected chi connectivity index (χ4v) is 2.51. The molecule has 0 N–H and O–H groups in total. The summed E-state index contributed by atoms with van der Waals surface area (Å²) in [6, 6.07) is 9.85. The summed E-state index contributed by atoms with van der Waals surface area (Å²) >= 11 is 0. The van der Waals surface area contributed by atoms with Gasteiger partial charge in [-0.15, -0.1) is 0 Å². The van der Waals surface area contributed by atoms with Gasteiger partial charge in [0.05, 0.1) is 22.6 Å². The Morgan fingerprint density at radius 1 is 1.27 bits per heavy atom. The van der Waals surface area contributed by atoms with E-state index in [1.165, 1.54) is 0 Å². The number of aromatic nitrogens is 2. The van der Waals surface area contributed by atoms with E-state index in [4.69, 9.17) is 4.74 Å². The lowest BCUT2D eigenvalue weighted by atomic mass is 10.1. The van der Waals surface area contributed by atoms with E-state index in [2.05, 4.69) is 5.10 Å². The highest BCUT2D eigenvalue weighted by molar-refractivity contribution is 5.96. The van der Waals surface area contributed by atoms with E-state index in [1.54, 1.807) is 12.0 Å². The number of carbonyl (C=O) groups is 1. The second-order valence-corrected chi connectivity index (χ2v) is 5.37. The minimum Gasteiger partial charge on any atom is -0.385 e. The largest absolute Gasteiger partial charge is 0.385 e. The highest BCUT2D eigenvalue weighted by Gasteiger charge is 2.22. The van der Waals surface area contributed by atoms with Gasteiger partial charge in [-0.05, 0) is 32.4 Å². The highest BCUT2D eigenvalue weighted by Crippen LogP contribution is 2.19. The predicted octanol–water partition coefficient (Wildman–Crippen LogP) is 2.60. The molecule has 0 aliphatic rings. The Hall–Kier alpha value is -2.14. The van der Waals surface area contributed by atoms with Crippen molar-refractivity contribution in [2.45, 2.75) is 20.3 Å². The molecule has 0 aliphatic carbocycles. The molecule has 1 amide bonds. The molecule has 0 saturated heterocycles. The standard InChI is InChI=1S/C17H23N3O2/c1-13-16(17(21)19(3)11-8-12-22-4)14(2)20(18-13)15-9-6-5-7-10-15/h5-7,9-10H,8,11-12H2,1-4H3. The van der Waals surface area contributed by atoms with Crippen LogP contribution < -0.4 is 0 Å². The van der Waals surface area contributed by atoms with Crippen LogP contribution in [0.5, 0.6) is 0 Å². The van der Waals surface area contributed by atoms with Crippen LogP contribution in [0.4, 0.5) is 0 Å². The highest BCUT2D eigenvalue weighted by atomic mass is 16.5. The quantitative estimate of drug-likeness (QED) is 0.771. The topological polar surface area (TPSA) is 47.4 Å². The molecule has 0 aliphatic heterocycles. The van der Waals surface area contributed by atoms with Crippen LogP contribution in [0, 0.1) is 13.8 Å². The van der Waals surface area contributed by atoms with Crippen molar-refractivity contribution in [2.75, 3.05) is 27.3 Å². The lowest BCUT2D eigenvalue weighted by molar-refractivity contribution is 0.0778. The van der Waals surface area contributed by atoms with E-state index >= 15 is 0 Å². The number of hydrogen-bond acceptors (Lipinski definition) is 3. The molecule has 0 saturated carbocycles. The molecule has 1 aromatic heterocycles. The SMILES string of the molecule is COCCCN(C)C(=O)c1c(C)nn(-c2ccccc2)c1C. The van der Waals surface area contributed by atoms with Crippen LogP contribution in [0.2, 0.25) is 0 Å². The fourth-order valence-electron chi connectivity index (χ4n) is 2.51. The van der Waals surface area contributed by atoms with E-state index in [1.807, 2.05) is 55.9 Å². The molecule has 0 radical (unpaired) electrons. The summed E-state index contributed by atoms with van der Waals surface area (Å²) in [5.41, 5.74) is 3.27. The van der Waals surface area contributed by atoms with Gasteiger partial charge in [-0.3, -0.25) is 4.79 Å². The van der Waals surface area contributed by atoms with Gasteiger partial charge in [0, 0.05) is 27.3 Å². The zero-order valence-electron chi connectivity index (χ0n) is 13.7. The molecule has 118 valence electrons. The molecule has 0 unspecified atom stereocenters. The average Bonchev–Trinajstić information content (AvgIpc) is 2.82. The lowest BCUT2D eigenvalue weighted by Crippen LogP contribution is -2.29. The summed E-state index contributed by atoms with van der Waals surface area (Å²) in [4.78, 5) is 14.4. The molecule has 0 bridgehead atoms. The second-order valence-electron chi connectivity index (χ2n) is 5.37. The molecule has 22 heavy (non-hydrogen) atoms. The van der Waals surface area contributed by atoms with Gasteiger partial charge >= 0.3 is 0 Å². The van der Waals surface area contributed by atoms with Crippen LogP contribution in [0.15, 0.2) is 30.3 Å². The van der Waals surface area contributed by atoms with E-state index in [-0.39, 0.29) is 5.91 Å². The van der Waals surface area contributed by atoms with Gasteiger partial charge in [0.2, 0.25) is 0 Å². The minimum atomic E-state index is 0.00767. The van der Waals surface area contributed by atoms with Gasteiger partial charge in [-0.25, -0.2) is 4.68 Å². The molecule has 2 rings (SSSR count). The molecule has 0 spiro atoms. The number of para-hydroxylation sites is 1. The maximum atomic E-state index is 12.7. The summed E-state index contributed by atoms with van der Waals surface area (Å²) in [5.74, 6) is 0.00767. The van der Waals surface area contributed by atoms with Crippen LogP contribution >= 0.6 is 0 Å². The fraction of sp³-hybridized carbons (Fsp3) is 0.412. The van der Waals surface area contributed by atoms with Crippen LogP contribution in [-0.2, 0) is 4.74 Å². The summed E-state index contributed by atoms with van der Waals surface area (Å²) in [6.45, 7) is 5.13. The molecule has 2 aromatic rings. The Morgan fingerprint density at radius 2 is 1.95 bits per heavy atom. The van der Waals surface area contributed by atoms with E-state index in [9.17, 15) is 4.79 Å². The smallest absolute Gasteiger partial charge is 0.257 e. The van der Waals surface area contributed by atoms with Crippen molar-refractivity contribution >= 4 is 5.91 Å². The monoisotopic (exact) mass is 301 g/mol. The van der Waals surface area contributed by atoms with E-state index < -0.39 is 0 Å². The Kier molecular flexibility index (Phi) is 5.33. The van der Waals surface area contributed by atoms with Crippen molar-refractivity contribution in [3.63, 3.8) is 0 Å². The van der Waals surface area contributed by atoms with Gasteiger partial charge in [0.1, 0.15) is 0 Å². The van der Waals surface area contributed by atoms with Crippen LogP contribution in [0.1, 0.15) is 28.2 Å². The Labute approximate surface area is 131 Å². The minimum absolute atomic E-state index is 0.00767. The van der Waals surface area contributed by atoms with Gasteiger partial charge in [-0.1, -0.05) is 18.2 Å². The third-order valence-corrected chi connectivity index (χ3v) is 3.69. The number of ether oxygens (including phenoxy) is 1. The summed E-state index contributed by atoms with van der Waals surface area (Å²) in [7, 11) is 3.48. The number of methoxy groups -OCH3 is 1. The number of nitrogens with zero attached hydrogens (tertiary/aromatic N) is 3. The zero-order valence-corrected chi connectivity index (χ0v) is 13.7. The third kappa shape index (κ3) is 3.36.